The number of hydrogen-bond donors (Lipinski definition) is 1. The molecule has 0 aliphatic carbocycles. The van der Waals surface area contributed by atoms with Gasteiger partial charge >= 0.3 is 6.09 Å². The van der Waals surface area contributed by atoms with Gasteiger partial charge in [-0.2, -0.15) is 0 Å². The third kappa shape index (κ3) is 1.32. The molecule has 2 heterocycles. The third-order valence-corrected chi connectivity index (χ3v) is 3.01. The molecule has 0 bridgehead atoms. The lowest BCUT2D eigenvalue weighted by molar-refractivity contribution is -0.123. The lowest BCUT2D eigenvalue weighted by atomic mass is 9.92. The van der Waals surface area contributed by atoms with Crippen molar-refractivity contribution in [3.63, 3.8) is 0 Å². The summed E-state index contributed by atoms with van der Waals surface area (Å²) in [4.78, 5) is 24.4. The van der Waals surface area contributed by atoms with Crippen LogP contribution in [0, 0.1) is 5.92 Å². The summed E-state index contributed by atoms with van der Waals surface area (Å²) in [5.74, 6) is 0.0476. The van der Waals surface area contributed by atoms with Gasteiger partial charge in [-0.25, -0.2) is 4.79 Å². The second-order valence-corrected chi connectivity index (χ2v) is 3.72. The van der Waals surface area contributed by atoms with Crippen LogP contribution in [0.15, 0.2) is 0 Å². The number of carbonyl (C=O) groups excluding carboxylic acids is 2. The van der Waals surface area contributed by atoms with Crippen molar-refractivity contribution in [2.75, 3.05) is 20.2 Å². The fraction of sp³-hybridized carbons (Fsp3) is 0.778. The van der Waals surface area contributed by atoms with Crippen LogP contribution in [0.2, 0.25) is 0 Å². The molecule has 0 aromatic carbocycles. The molecule has 2 atom stereocenters. The Hall–Kier alpha value is -1.26. The average Bonchev–Trinajstić information content (AvgIpc) is 2.59. The highest BCUT2D eigenvalue weighted by molar-refractivity contribution is 5.83. The minimum absolute atomic E-state index is 0.00343. The summed E-state index contributed by atoms with van der Waals surface area (Å²) < 4.78 is 4.68. The lowest BCUT2D eigenvalue weighted by Crippen LogP contribution is -2.48. The molecule has 2 unspecified atom stereocenters. The van der Waals surface area contributed by atoms with E-state index < -0.39 is 0 Å². The fourth-order valence-electron chi connectivity index (χ4n) is 2.30. The van der Waals surface area contributed by atoms with Crippen molar-refractivity contribution in [2.24, 2.45) is 5.92 Å². The first-order valence-corrected chi connectivity index (χ1v) is 4.86. The number of nitrogens with zero attached hydrogens (tertiary/aromatic N) is 1. The highest BCUT2D eigenvalue weighted by atomic mass is 16.5. The van der Waals surface area contributed by atoms with Gasteiger partial charge in [-0.15, -0.1) is 0 Å². The summed E-state index contributed by atoms with van der Waals surface area (Å²) >= 11 is 0. The molecule has 0 spiro atoms. The van der Waals surface area contributed by atoms with Gasteiger partial charge in [0.05, 0.1) is 19.1 Å². The highest BCUT2D eigenvalue weighted by Gasteiger charge is 2.42. The number of ether oxygens (including phenoxy) is 1. The van der Waals surface area contributed by atoms with Crippen LogP contribution in [0.5, 0.6) is 0 Å². The molecule has 0 aromatic rings. The van der Waals surface area contributed by atoms with Crippen molar-refractivity contribution >= 4 is 12.0 Å². The van der Waals surface area contributed by atoms with Crippen LogP contribution in [0.25, 0.3) is 0 Å². The molecule has 1 N–H and O–H groups in total. The monoisotopic (exact) mass is 198 g/mol. The van der Waals surface area contributed by atoms with Crippen molar-refractivity contribution in [3.8, 4) is 0 Å². The molecule has 2 fully saturated rings. The number of methoxy groups -OCH3 is 1. The largest absolute Gasteiger partial charge is 0.453 e. The van der Waals surface area contributed by atoms with Gasteiger partial charge in [-0.3, -0.25) is 4.79 Å². The van der Waals surface area contributed by atoms with Crippen LogP contribution in [0.1, 0.15) is 12.8 Å². The Kier molecular flexibility index (Phi) is 2.31. The number of fused-ring (bicyclic) bond motifs is 1. The molecular weight excluding hydrogens is 184 g/mol. The number of amides is 2. The molecule has 5 nitrogen and oxygen atoms in total. The van der Waals surface area contributed by atoms with Gasteiger partial charge in [-0.05, 0) is 12.8 Å². The topological polar surface area (TPSA) is 58.6 Å². The van der Waals surface area contributed by atoms with E-state index in [1.807, 2.05) is 0 Å². The Morgan fingerprint density at radius 2 is 2.43 bits per heavy atom. The summed E-state index contributed by atoms with van der Waals surface area (Å²) in [6.07, 6.45) is 1.43. The van der Waals surface area contributed by atoms with E-state index in [4.69, 9.17) is 0 Å². The molecule has 0 radical (unpaired) electrons. The number of piperidine rings is 1. The molecule has 0 saturated carbocycles. The first kappa shape index (κ1) is 9.30. The number of rotatable bonds is 0. The van der Waals surface area contributed by atoms with Crippen LogP contribution in [0.3, 0.4) is 0 Å². The van der Waals surface area contributed by atoms with Gasteiger partial charge in [-0.1, -0.05) is 0 Å². The Morgan fingerprint density at radius 3 is 3.14 bits per heavy atom. The van der Waals surface area contributed by atoms with Crippen LogP contribution in [0.4, 0.5) is 4.79 Å². The second kappa shape index (κ2) is 3.48. The zero-order chi connectivity index (χ0) is 10.1. The van der Waals surface area contributed by atoms with Gasteiger partial charge in [0.25, 0.3) is 0 Å². The smallest absolute Gasteiger partial charge is 0.409 e. The van der Waals surface area contributed by atoms with E-state index in [-0.39, 0.29) is 24.0 Å². The number of carbonyl (C=O) groups is 2. The van der Waals surface area contributed by atoms with Crippen molar-refractivity contribution in [3.05, 3.63) is 0 Å². The standard InChI is InChI=1S/C9H14N2O3/c1-14-9(13)11-4-2-3-6-7(11)5-10-8(6)12/h6-7H,2-5H2,1H3,(H,10,12). The number of likely N-dealkylation sites (tertiary alicyclic amines) is 1. The van der Waals surface area contributed by atoms with Gasteiger partial charge in [0.2, 0.25) is 5.91 Å². The van der Waals surface area contributed by atoms with Crippen LogP contribution >= 0.6 is 0 Å². The summed E-state index contributed by atoms with van der Waals surface area (Å²) in [5, 5.41) is 2.78. The summed E-state index contributed by atoms with van der Waals surface area (Å²) in [7, 11) is 1.37. The van der Waals surface area contributed by atoms with Crippen LogP contribution in [-0.2, 0) is 9.53 Å². The van der Waals surface area contributed by atoms with Gasteiger partial charge < -0.3 is 15.0 Å². The molecule has 2 aliphatic heterocycles. The zero-order valence-corrected chi connectivity index (χ0v) is 8.16. The minimum Gasteiger partial charge on any atom is -0.453 e. The summed E-state index contributed by atoms with van der Waals surface area (Å²) in [6.45, 7) is 1.27. The van der Waals surface area contributed by atoms with Crippen LogP contribution in [-0.4, -0.2) is 43.1 Å². The Bertz CT molecular complexity index is 267. The quantitative estimate of drug-likeness (QED) is 0.594. The fourth-order valence-corrected chi connectivity index (χ4v) is 2.30. The molecule has 78 valence electrons. The maximum absolute atomic E-state index is 11.4. The van der Waals surface area contributed by atoms with E-state index in [0.717, 1.165) is 12.8 Å². The Balaban J connectivity index is 2.12. The molecule has 2 amide bonds. The van der Waals surface area contributed by atoms with Gasteiger partial charge in [0.15, 0.2) is 0 Å². The van der Waals surface area contributed by atoms with Crippen molar-refractivity contribution in [1.29, 1.82) is 0 Å². The maximum Gasteiger partial charge on any atom is 0.409 e. The number of nitrogens with one attached hydrogen (secondary N) is 1. The maximum atomic E-state index is 11.4. The zero-order valence-electron chi connectivity index (χ0n) is 8.16. The predicted molar refractivity (Wildman–Crippen MR) is 48.6 cm³/mol. The normalized spacial score (nSPS) is 30.9. The molecule has 2 rings (SSSR count). The third-order valence-electron chi connectivity index (χ3n) is 3.01. The Morgan fingerprint density at radius 1 is 1.64 bits per heavy atom. The van der Waals surface area contributed by atoms with E-state index in [0.29, 0.717) is 13.1 Å². The second-order valence-electron chi connectivity index (χ2n) is 3.72. The van der Waals surface area contributed by atoms with E-state index in [1.165, 1.54) is 7.11 Å². The molecule has 2 saturated heterocycles. The van der Waals surface area contributed by atoms with Gasteiger partial charge in [0.1, 0.15) is 0 Å². The summed E-state index contributed by atoms with van der Waals surface area (Å²) in [5.41, 5.74) is 0. The van der Waals surface area contributed by atoms with E-state index in [1.54, 1.807) is 4.90 Å². The average molecular weight is 198 g/mol. The highest BCUT2D eigenvalue weighted by Crippen LogP contribution is 2.27. The predicted octanol–water partition coefficient (Wildman–Crippen LogP) is -0.0368. The van der Waals surface area contributed by atoms with Crippen molar-refractivity contribution in [1.82, 2.24) is 10.2 Å². The minimum atomic E-state index is -0.323. The van der Waals surface area contributed by atoms with E-state index in [9.17, 15) is 9.59 Å². The Labute approximate surface area is 82.4 Å². The molecule has 2 aliphatic rings. The number of hydrogen-bond acceptors (Lipinski definition) is 3. The summed E-state index contributed by atoms with van der Waals surface area (Å²) in [6, 6.07) is 0.00343. The van der Waals surface area contributed by atoms with Crippen LogP contribution < -0.4 is 5.32 Å². The van der Waals surface area contributed by atoms with Crippen molar-refractivity contribution in [2.45, 2.75) is 18.9 Å². The molecule has 14 heavy (non-hydrogen) atoms. The molecular formula is C9H14N2O3. The molecule has 5 heteroatoms. The van der Waals surface area contributed by atoms with Crippen molar-refractivity contribution < 1.29 is 14.3 Å². The van der Waals surface area contributed by atoms with Gasteiger partial charge in [0, 0.05) is 13.1 Å². The van der Waals surface area contributed by atoms with E-state index in [2.05, 4.69) is 10.1 Å². The first-order chi connectivity index (χ1) is 6.74. The first-order valence-electron chi connectivity index (χ1n) is 4.86. The molecule has 0 aromatic heterocycles. The lowest BCUT2D eigenvalue weighted by Gasteiger charge is -2.34. The SMILES string of the molecule is COC(=O)N1CCCC2C(=O)NCC21. The van der Waals surface area contributed by atoms with E-state index >= 15 is 0 Å².